The molecule has 6 heteroatoms. The van der Waals surface area contributed by atoms with Crippen molar-refractivity contribution in [3.63, 3.8) is 0 Å². The lowest BCUT2D eigenvalue weighted by Gasteiger charge is -2.18. The summed E-state index contributed by atoms with van der Waals surface area (Å²) in [6, 6.07) is 17.6. The zero-order valence-electron chi connectivity index (χ0n) is 20.2. The van der Waals surface area contributed by atoms with E-state index >= 15 is 0 Å². The Hall–Kier alpha value is -3.51. The van der Waals surface area contributed by atoms with Crippen molar-refractivity contribution in [3.8, 4) is 11.3 Å². The van der Waals surface area contributed by atoms with Gasteiger partial charge in [-0.05, 0) is 56.2 Å². The van der Waals surface area contributed by atoms with Gasteiger partial charge in [-0.2, -0.15) is 0 Å². The standard InChI is InChI=1S/C29H28N2O3S/c1-4-34-29(33)25-21-14-13-17(2)15-24(21)35-28(25)31-27(32)22-16-23(19-10-6-5-7-11-19)30-26-18(3)9-8-12-20(22)26/h5-12,16-17H,4,13-15H2,1-3H3,(H,31,32). The number of carbonyl (C=O) groups excluding carboxylic acids is 2. The molecule has 2 aromatic carbocycles. The van der Waals surface area contributed by atoms with Crippen LogP contribution in [-0.4, -0.2) is 23.5 Å². The van der Waals surface area contributed by atoms with E-state index in [0.717, 1.165) is 52.5 Å². The maximum absolute atomic E-state index is 13.7. The highest BCUT2D eigenvalue weighted by molar-refractivity contribution is 7.17. The highest BCUT2D eigenvalue weighted by Crippen LogP contribution is 2.40. The molecule has 0 fully saturated rings. The quantitative estimate of drug-likeness (QED) is 0.315. The highest BCUT2D eigenvalue weighted by atomic mass is 32.1. The molecule has 4 aromatic rings. The fraction of sp³-hybridized carbons (Fsp3) is 0.276. The van der Waals surface area contributed by atoms with Crippen LogP contribution in [0.4, 0.5) is 5.00 Å². The van der Waals surface area contributed by atoms with Gasteiger partial charge < -0.3 is 10.1 Å². The third-order valence-electron chi connectivity index (χ3n) is 6.57. The van der Waals surface area contributed by atoms with E-state index in [1.807, 2.05) is 61.5 Å². The highest BCUT2D eigenvalue weighted by Gasteiger charge is 2.29. The number of para-hydroxylation sites is 1. The van der Waals surface area contributed by atoms with Gasteiger partial charge in [0.05, 0.1) is 28.9 Å². The average Bonchev–Trinajstić information content (AvgIpc) is 3.21. The molecule has 1 unspecified atom stereocenters. The summed E-state index contributed by atoms with van der Waals surface area (Å²) in [6.07, 6.45) is 2.77. The fourth-order valence-electron chi connectivity index (χ4n) is 4.77. The van der Waals surface area contributed by atoms with Gasteiger partial charge in [-0.25, -0.2) is 9.78 Å². The molecule has 1 amide bonds. The van der Waals surface area contributed by atoms with Crippen molar-refractivity contribution in [1.29, 1.82) is 0 Å². The largest absolute Gasteiger partial charge is 0.462 e. The van der Waals surface area contributed by atoms with E-state index in [-0.39, 0.29) is 11.9 Å². The molecule has 0 saturated heterocycles. The molecular weight excluding hydrogens is 456 g/mol. The van der Waals surface area contributed by atoms with Crippen molar-refractivity contribution in [3.05, 3.63) is 81.7 Å². The molecule has 0 aliphatic heterocycles. The average molecular weight is 485 g/mol. The number of nitrogens with zero attached hydrogens (tertiary/aromatic N) is 1. The first-order valence-corrected chi connectivity index (χ1v) is 12.9. The number of aromatic nitrogens is 1. The number of nitrogens with one attached hydrogen (secondary N) is 1. The first-order chi connectivity index (χ1) is 17.0. The molecule has 5 rings (SSSR count). The second-order valence-corrected chi connectivity index (χ2v) is 10.2. The van der Waals surface area contributed by atoms with Gasteiger partial charge >= 0.3 is 5.97 Å². The van der Waals surface area contributed by atoms with E-state index in [2.05, 4.69) is 12.2 Å². The van der Waals surface area contributed by atoms with E-state index < -0.39 is 0 Å². The summed E-state index contributed by atoms with van der Waals surface area (Å²) in [5.74, 6) is -0.0621. The van der Waals surface area contributed by atoms with Crippen LogP contribution in [0.1, 0.15) is 57.0 Å². The van der Waals surface area contributed by atoms with Gasteiger partial charge in [0, 0.05) is 15.8 Å². The topological polar surface area (TPSA) is 68.3 Å². The number of rotatable bonds is 5. The van der Waals surface area contributed by atoms with Crippen LogP contribution in [0.3, 0.4) is 0 Å². The van der Waals surface area contributed by atoms with Gasteiger partial charge in [-0.1, -0.05) is 55.5 Å². The molecule has 2 heterocycles. The lowest BCUT2D eigenvalue weighted by Crippen LogP contribution is -2.17. The van der Waals surface area contributed by atoms with Crippen LogP contribution in [0.25, 0.3) is 22.2 Å². The smallest absolute Gasteiger partial charge is 0.341 e. The van der Waals surface area contributed by atoms with Crippen LogP contribution in [0.2, 0.25) is 0 Å². The Kier molecular flexibility index (Phi) is 6.39. The Balaban J connectivity index is 1.60. The molecule has 0 bridgehead atoms. The Bertz CT molecular complexity index is 1430. The zero-order valence-corrected chi connectivity index (χ0v) is 21.0. The summed E-state index contributed by atoms with van der Waals surface area (Å²) in [5.41, 5.74) is 5.56. The number of fused-ring (bicyclic) bond motifs is 2. The minimum Gasteiger partial charge on any atom is -0.462 e. The van der Waals surface area contributed by atoms with Crippen molar-refractivity contribution in [2.75, 3.05) is 11.9 Å². The molecule has 1 N–H and O–H groups in total. The molecular formula is C29H28N2O3S. The van der Waals surface area contributed by atoms with Crippen LogP contribution in [0.15, 0.2) is 54.6 Å². The Morgan fingerprint density at radius 1 is 1.14 bits per heavy atom. The van der Waals surface area contributed by atoms with E-state index in [1.54, 1.807) is 6.92 Å². The summed E-state index contributed by atoms with van der Waals surface area (Å²) in [4.78, 5) is 32.7. The third-order valence-corrected chi connectivity index (χ3v) is 7.74. The van der Waals surface area contributed by atoms with Crippen molar-refractivity contribution in [1.82, 2.24) is 4.98 Å². The molecule has 0 saturated carbocycles. The fourth-order valence-corrected chi connectivity index (χ4v) is 6.16. The molecule has 35 heavy (non-hydrogen) atoms. The maximum Gasteiger partial charge on any atom is 0.341 e. The van der Waals surface area contributed by atoms with Gasteiger partial charge in [-0.15, -0.1) is 11.3 Å². The minimum atomic E-state index is -0.366. The zero-order chi connectivity index (χ0) is 24.5. The molecule has 1 aliphatic carbocycles. The van der Waals surface area contributed by atoms with Crippen LogP contribution >= 0.6 is 11.3 Å². The van der Waals surface area contributed by atoms with E-state index in [4.69, 9.17) is 9.72 Å². The van der Waals surface area contributed by atoms with Gasteiger partial charge in [0.25, 0.3) is 5.91 Å². The van der Waals surface area contributed by atoms with Crippen LogP contribution in [-0.2, 0) is 17.6 Å². The molecule has 2 aromatic heterocycles. The van der Waals surface area contributed by atoms with E-state index in [0.29, 0.717) is 28.7 Å². The summed E-state index contributed by atoms with van der Waals surface area (Å²) in [5, 5.41) is 4.44. The minimum absolute atomic E-state index is 0.252. The lowest BCUT2D eigenvalue weighted by atomic mass is 9.88. The number of anilines is 1. The number of amides is 1. The monoisotopic (exact) mass is 484 g/mol. The van der Waals surface area contributed by atoms with E-state index in [1.165, 1.54) is 16.2 Å². The Labute approximate surface area is 209 Å². The predicted octanol–water partition coefficient (Wildman–Crippen LogP) is 6.83. The predicted molar refractivity (Wildman–Crippen MR) is 141 cm³/mol. The number of benzene rings is 2. The number of hydrogen-bond acceptors (Lipinski definition) is 5. The maximum atomic E-state index is 13.7. The second kappa shape index (κ2) is 9.62. The number of carbonyl (C=O) groups is 2. The summed E-state index contributed by atoms with van der Waals surface area (Å²) >= 11 is 1.50. The Morgan fingerprint density at radius 2 is 1.94 bits per heavy atom. The van der Waals surface area contributed by atoms with E-state index in [9.17, 15) is 9.59 Å². The number of pyridine rings is 1. The SMILES string of the molecule is CCOC(=O)c1c(NC(=O)c2cc(-c3ccccc3)nc3c(C)cccc23)sc2c1CCC(C)C2. The number of thiophene rings is 1. The van der Waals surface area contributed by atoms with Gasteiger partial charge in [0.1, 0.15) is 5.00 Å². The van der Waals surface area contributed by atoms with Crippen LogP contribution in [0.5, 0.6) is 0 Å². The van der Waals surface area contributed by atoms with Crippen LogP contribution < -0.4 is 5.32 Å². The van der Waals surface area contributed by atoms with Gasteiger partial charge in [0.15, 0.2) is 0 Å². The number of aryl methyl sites for hydroxylation is 1. The summed E-state index contributed by atoms with van der Waals surface area (Å²) in [6.45, 7) is 6.32. The number of esters is 1. The van der Waals surface area contributed by atoms with Crippen molar-refractivity contribution in [2.45, 2.75) is 40.0 Å². The van der Waals surface area contributed by atoms with Crippen LogP contribution in [0, 0.1) is 12.8 Å². The summed E-state index contributed by atoms with van der Waals surface area (Å²) in [7, 11) is 0. The summed E-state index contributed by atoms with van der Waals surface area (Å²) < 4.78 is 5.38. The molecule has 0 radical (unpaired) electrons. The number of ether oxygens (including phenoxy) is 1. The van der Waals surface area contributed by atoms with Crippen molar-refractivity contribution in [2.24, 2.45) is 5.92 Å². The second-order valence-electron chi connectivity index (χ2n) is 9.12. The van der Waals surface area contributed by atoms with Gasteiger partial charge in [-0.3, -0.25) is 4.79 Å². The Morgan fingerprint density at radius 3 is 2.71 bits per heavy atom. The van der Waals surface area contributed by atoms with Gasteiger partial charge in [0.2, 0.25) is 0 Å². The van der Waals surface area contributed by atoms with Crippen molar-refractivity contribution >= 4 is 39.1 Å². The normalized spacial score (nSPS) is 15.0. The molecule has 5 nitrogen and oxygen atoms in total. The lowest BCUT2D eigenvalue weighted by molar-refractivity contribution is 0.0526. The first kappa shape index (κ1) is 23.2. The molecule has 1 aliphatic rings. The van der Waals surface area contributed by atoms with Crippen molar-refractivity contribution < 1.29 is 14.3 Å². The molecule has 1 atom stereocenters. The molecule has 178 valence electrons. The third kappa shape index (κ3) is 4.46. The molecule has 0 spiro atoms. The first-order valence-electron chi connectivity index (χ1n) is 12.0. The number of hydrogen-bond donors (Lipinski definition) is 1.